The number of anilines is 1. The van der Waals surface area contributed by atoms with Gasteiger partial charge >= 0.3 is 0 Å². The Balaban J connectivity index is 0.00000264. The van der Waals surface area contributed by atoms with Crippen molar-refractivity contribution in [2.24, 2.45) is 11.7 Å². The molecule has 1 aromatic carbocycles. The maximum absolute atomic E-state index is 12.8. The number of piperidine rings is 1. The van der Waals surface area contributed by atoms with E-state index in [1.807, 2.05) is 6.92 Å². The highest BCUT2D eigenvalue weighted by atomic mass is 35.5. The quantitative estimate of drug-likeness (QED) is 0.855. The summed E-state index contributed by atoms with van der Waals surface area (Å²) >= 11 is 0. The lowest BCUT2D eigenvalue weighted by Gasteiger charge is -2.38. The Morgan fingerprint density at radius 1 is 1.35 bits per heavy atom. The first-order chi connectivity index (χ1) is 10.4. The first-order valence-electron chi connectivity index (χ1n) is 7.46. The van der Waals surface area contributed by atoms with Crippen molar-refractivity contribution < 1.29 is 13.2 Å². The number of carbonyl (C=O) groups excluding carboxylic acids is 1. The van der Waals surface area contributed by atoms with Crippen molar-refractivity contribution in [1.29, 1.82) is 0 Å². The fourth-order valence-corrected chi connectivity index (χ4v) is 4.68. The number of nitrogens with zero attached hydrogens (tertiary/aromatic N) is 1. The third-order valence-corrected chi connectivity index (χ3v) is 6.03. The smallest absolute Gasteiger partial charge is 0.243 e. The minimum absolute atomic E-state index is 0. The molecule has 0 spiro atoms. The summed E-state index contributed by atoms with van der Waals surface area (Å²) in [5, 5.41) is 2.62. The fourth-order valence-electron chi connectivity index (χ4n) is 2.91. The van der Waals surface area contributed by atoms with Crippen molar-refractivity contribution in [2.45, 2.75) is 37.6 Å². The lowest BCUT2D eigenvalue weighted by atomic mass is 9.93. The van der Waals surface area contributed by atoms with Crippen molar-refractivity contribution in [3.05, 3.63) is 24.3 Å². The molecule has 1 aliphatic heterocycles. The highest BCUT2D eigenvalue weighted by molar-refractivity contribution is 7.89. The highest BCUT2D eigenvalue weighted by Crippen LogP contribution is 2.29. The molecule has 3 N–H and O–H groups in total. The summed E-state index contributed by atoms with van der Waals surface area (Å²) in [4.78, 5) is 11.2. The lowest BCUT2D eigenvalue weighted by Crippen LogP contribution is -2.51. The zero-order valence-corrected chi connectivity index (χ0v) is 15.0. The molecule has 2 unspecified atom stereocenters. The van der Waals surface area contributed by atoms with E-state index in [0.29, 0.717) is 18.8 Å². The van der Waals surface area contributed by atoms with Crippen molar-refractivity contribution >= 4 is 34.0 Å². The van der Waals surface area contributed by atoms with E-state index in [1.165, 1.54) is 23.4 Å². The molecular weight excluding hydrogens is 338 g/mol. The number of sulfonamides is 1. The van der Waals surface area contributed by atoms with Crippen LogP contribution in [0.1, 0.15) is 26.7 Å². The summed E-state index contributed by atoms with van der Waals surface area (Å²) in [6.07, 6.45) is 1.84. The van der Waals surface area contributed by atoms with Crippen LogP contribution in [0.25, 0.3) is 0 Å². The second-order valence-electron chi connectivity index (χ2n) is 5.74. The Morgan fingerprint density at radius 2 is 1.96 bits per heavy atom. The fraction of sp³-hybridized carbons (Fsp3) is 0.533. The zero-order chi connectivity index (χ0) is 16.3. The molecule has 8 heteroatoms. The van der Waals surface area contributed by atoms with Gasteiger partial charge in [0.15, 0.2) is 0 Å². The van der Waals surface area contributed by atoms with Gasteiger partial charge in [0, 0.05) is 31.7 Å². The van der Waals surface area contributed by atoms with E-state index in [9.17, 15) is 13.2 Å². The van der Waals surface area contributed by atoms with Crippen LogP contribution in [0.3, 0.4) is 0 Å². The van der Waals surface area contributed by atoms with Gasteiger partial charge < -0.3 is 11.1 Å². The van der Waals surface area contributed by atoms with Gasteiger partial charge in [-0.05, 0) is 43.0 Å². The van der Waals surface area contributed by atoms with Gasteiger partial charge in [0.05, 0.1) is 4.90 Å². The topological polar surface area (TPSA) is 92.5 Å². The van der Waals surface area contributed by atoms with Crippen LogP contribution in [0.4, 0.5) is 5.69 Å². The van der Waals surface area contributed by atoms with Crippen LogP contribution in [0.15, 0.2) is 29.2 Å². The van der Waals surface area contributed by atoms with Gasteiger partial charge in [0.2, 0.25) is 15.9 Å². The first-order valence-corrected chi connectivity index (χ1v) is 8.90. The summed E-state index contributed by atoms with van der Waals surface area (Å²) in [5.41, 5.74) is 6.36. The Hall–Kier alpha value is -1.15. The summed E-state index contributed by atoms with van der Waals surface area (Å²) in [6, 6.07) is 6.08. The number of carbonyl (C=O) groups is 1. The molecule has 0 aromatic heterocycles. The third-order valence-electron chi connectivity index (χ3n) is 4.09. The van der Waals surface area contributed by atoms with Gasteiger partial charge in [-0.1, -0.05) is 6.92 Å². The van der Waals surface area contributed by atoms with Crippen molar-refractivity contribution in [2.75, 3.05) is 18.4 Å². The van der Waals surface area contributed by atoms with Crippen LogP contribution in [-0.4, -0.2) is 37.8 Å². The van der Waals surface area contributed by atoms with E-state index in [-0.39, 0.29) is 35.2 Å². The Kier molecular flexibility index (Phi) is 7.01. The number of hydrogen-bond donors (Lipinski definition) is 2. The SMILES string of the molecule is CC(=O)Nc1ccc(S(=O)(=O)N2CCCC(C)C2CN)cc1.Cl. The standard InChI is InChI=1S/C15H23N3O3S.ClH/c1-11-4-3-9-18(15(11)10-16)22(20,21)14-7-5-13(6-8-14)17-12(2)19;/h5-8,11,15H,3-4,9-10,16H2,1-2H3,(H,17,19);1H. The molecule has 0 saturated carbocycles. The summed E-state index contributed by atoms with van der Waals surface area (Å²) in [5.74, 6) is 0.0656. The van der Waals surface area contributed by atoms with Crippen LogP contribution in [-0.2, 0) is 14.8 Å². The summed E-state index contributed by atoms with van der Waals surface area (Å²) in [6.45, 7) is 4.27. The molecule has 1 aromatic rings. The second-order valence-corrected chi connectivity index (χ2v) is 7.63. The van der Waals surface area contributed by atoms with E-state index in [0.717, 1.165) is 12.8 Å². The van der Waals surface area contributed by atoms with Crippen LogP contribution in [0, 0.1) is 5.92 Å². The Bertz CT molecular complexity index is 634. The third kappa shape index (κ3) is 4.44. The largest absolute Gasteiger partial charge is 0.329 e. The number of amides is 1. The predicted molar refractivity (Wildman–Crippen MR) is 93.1 cm³/mol. The molecule has 0 bridgehead atoms. The first kappa shape index (κ1) is 19.9. The molecule has 23 heavy (non-hydrogen) atoms. The molecule has 1 aliphatic rings. The molecule has 1 amide bonds. The lowest BCUT2D eigenvalue weighted by molar-refractivity contribution is -0.114. The van der Waals surface area contributed by atoms with Crippen LogP contribution < -0.4 is 11.1 Å². The van der Waals surface area contributed by atoms with Gasteiger partial charge in [0.1, 0.15) is 0 Å². The average Bonchev–Trinajstić information content (AvgIpc) is 2.47. The van der Waals surface area contributed by atoms with Crippen molar-refractivity contribution in [3.8, 4) is 0 Å². The van der Waals surface area contributed by atoms with Crippen molar-refractivity contribution in [1.82, 2.24) is 4.31 Å². The van der Waals surface area contributed by atoms with Gasteiger partial charge in [-0.15, -0.1) is 12.4 Å². The van der Waals surface area contributed by atoms with Crippen LogP contribution in [0.2, 0.25) is 0 Å². The molecular formula is C15H24ClN3O3S. The molecule has 0 aliphatic carbocycles. The van der Waals surface area contributed by atoms with E-state index in [4.69, 9.17) is 5.73 Å². The number of rotatable bonds is 4. The van der Waals surface area contributed by atoms with E-state index < -0.39 is 10.0 Å². The summed E-state index contributed by atoms with van der Waals surface area (Å²) in [7, 11) is -3.56. The average molecular weight is 362 g/mol. The summed E-state index contributed by atoms with van der Waals surface area (Å²) < 4.78 is 27.2. The maximum atomic E-state index is 12.8. The Labute approximate surface area is 143 Å². The highest BCUT2D eigenvalue weighted by Gasteiger charge is 2.36. The molecule has 130 valence electrons. The Morgan fingerprint density at radius 3 is 2.48 bits per heavy atom. The predicted octanol–water partition coefficient (Wildman–Crippen LogP) is 1.81. The van der Waals surface area contributed by atoms with Gasteiger partial charge in [-0.25, -0.2) is 8.42 Å². The molecule has 6 nitrogen and oxygen atoms in total. The molecule has 1 heterocycles. The van der Waals surface area contributed by atoms with Gasteiger partial charge in [0.25, 0.3) is 0 Å². The van der Waals surface area contributed by atoms with Crippen molar-refractivity contribution in [3.63, 3.8) is 0 Å². The molecule has 2 rings (SSSR count). The van der Waals surface area contributed by atoms with Crippen LogP contribution in [0.5, 0.6) is 0 Å². The molecule has 1 saturated heterocycles. The van der Waals surface area contributed by atoms with E-state index in [1.54, 1.807) is 12.1 Å². The van der Waals surface area contributed by atoms with E-state index >= 15 is 0 Å². The maximum Gasteiger partial charge on any atom is 0.243 e. The number of nitrogens with two attached hydrogens (primary N) is 1. The number of halogens is 1. The zero-order valence-electron chi connectivity index (χ0n) is 13.4. The van der Waals surface area contributed by atoms with E-state index in [2.05, 4.69) is 5.32 Å². The van der Waals surface area contributed by atoms with Gasteiger partial charge in [-0.3, -0.25) is 4.79 Å². The number of nitrogens with one attached hydrogen (secondary N) is 1. The minimum Gasteiger partial charge on any atom is -0.329 e. The normalized spacial score (nSPS) is 22.2. The second kappa shape index (κ2) is 8.10. The minimum atomic E-state index is -3.56. The molecule has 2 atom stereocenters. The number of hydrogen-bond acceptors (Lipinski definition) is 4. The van der Waals surface area contributed by atoms with Crippen LogP contribution >= 0.6 is 12.4 Å². The number of benzene rings is 1. The van der Waals surface area contributed by atoms with Gasteiger partial charge in [-0.2, -0.15) is 4.31 Å². The monoisotopic (exact) mass is 361 g/mol. The molecule has 0 radical (unpaired) electrons. The molecule has 1 fully saturated rings.